The molecule has 98 valence electrons. The molecule has 1 heterocycles. The Morgan fingerprint density at radius 2 is 2.11 bits per heavy atom. The fraction of sp³-hybridized carbons (Fsp3) is 0.385. The molecule has 1 N–H and O–H groups in total. The minimum Gasteiger partial charge on any atom is -0.389 e. The second kappa shape index (κ2) is 5.49. The monoisotopic (exact) mass is 287 g/mol. The Morgan fingerprint density at radius 1 is 1.39 bits per heavy atom. The number of hydrogen-bond acceptors (Lipinski definition) is 2. The summed E-state index contributed by atoms with van der Waals surface area (Å²) >= 11 is 12.4. The number of benzene rings is 1. The lowest BCUT2D eigenvalue weighted by atomic mass is 10.1. The van der Waals surface area contributed by atoms with Crippen molar-refractivity contribution in [3.05, 3.63) is 33.9 Å². The van der Waals surface area contributed by atoms with Gasteiger partial charge in [0.1, 0.15) is 5.15 Å². The maximum absolute atomic E-state index is 9.85. The first-order valence-corrected chi connectivity index (χ1v) is 6.46. The molecule has 0 radical (unpaired) electrons. The van der Waals surface area contributed by atoms with Crippen LogP contribution in [0.3, 0.4) is 0 Å². The van der Waals surface area contributed by atoms with E-state index in [-0.39, 0.29) is 0 Å². The van der Waals surface area contributed by atoms with Gasteiger partial charge in [-0.05, 0) is 19.1 Å². The molecule has 0 aliphatic heterocycles. The Balaban J connectivity index is 2.66. The standard InChI is InChI=1S/C13H15Cl2NO2/c1-8(17)12-10-4-3-9(14)7-11(10)16(13(12)15)5-6-18-2/h3-4,7-8,17H,5-6H2,1-2H3. The van der Waals surface area contributed by atoms with Crippen LogP contribution in [0.15, 0.2) is 18.2 Å². The van der Waals surface area contributed by atoms with Gasteiger partial charge in [0.05, 0.1) is 18.2 Å². The van der Waals surface area contributed by atoms with Crippen LogP contribution in [-0.4, -0.2) is 23.4 Å². The normalized spacial score (nSPS) is 13.2. The number of rotatable bonds is 4. The molecule has 0 spiro atoms. The molecule has 2 rings (SSSR count). The molecular weight excluding hydrogens is 273 g/mol. The summed E-state index contributed by atoms with van der Waals surface area (Å²) in [6.07, 6.45) is -0.620. The van der Waals surface area contributed by atoms with Gasteiger partial charge >= 0.3 is 0 Å². The van der Waals surface area contributed by atoms with E-state index < -0.39 is 6.10 Å². The van der Waals surface area contributed by atoms with E-state index in [4.69, 9.17) is 27.9 Å². The summed E-state index contributed by atoms with van der Waals surface area (Å²) in [7, 11) is 1.64. The van der Waals surface area contributed by atoms with Crippen molar-refractivity contribution in [2.24, 2.45) is 0 Å². The van der Waals surface area contributed by atoms with Gasteiger partial charge in [0, 0.05) is 29.6 Å². The predicted octanol–water partition coefficient (Wildman–Crippen LogP) is 3.65. The van der Waals surface area contributed by atoms with Gasteiger partial charge in [-0.1, -0.05) is 29.3 Å². The van der Waals surface area contributed by atoms with Gasteiger partial charge in [-0.25, -0.2) is 0 Å². The zero-order chi connectivity index (χ0) is 13.3. The van der Waals surface area contributed by atoms with Crippen molar-refractivity contribution >= 4 is 34.1 Å². The average Bonchev–Trinajstić information content (AvgIpc) is 2.58. The summed E-state index contributed by atoms with van der Waals surface area (Å²) in [5.41, 5.74) is 1.65. The van der Waals surface area contributed by atoms with E-state index in [0.717, 1.165) is 16.5 Å². The topological polar surface area (TPSA) is 34.4 Å². The summed E-state index contributed by atoms with van der Waals surface area (Å²) in [6, 6.07) is 5.53. The van der Waals surface area contributed by atoms with Crippen molar-refractivity contribution in [3.63, 3.8) is 0 Å². The zero-order valence-corrected chi connectivity index (χ0v) is 11.8. The number of aliphatic hydroxyl groups is 1. The highest BCUT2D eigenvalue weighted by Gasteiger charge is 2.18. The largest absolute Gasteiger partial charge is 0.389 e. The first kappa shape index (κ1) is 13.7. The Hall–Kier alpha value is -0.740. The first-order chi connectivity index (χ1) is 8.56. The minimum absolute atomic E-state index is 0.541. The van der Waals surface area contributed by atoms with Crippen LogP contribution in [0.2, 0.25) is 10.2 Å². The summed E-state index contributed by atoms with van der Waals surface area (Å²) in [5, 5.41) is 12.0. The highest BCUT2D eigenvalue weighted by atomic mass is 35.5. The van der Waals surface area contributed by atoms with Crippen LogP contribution >= 0.6 is 23.2 Å². The smallest absolute Gasteiger partial charge is 0.115 e. The van der Waals surface area contributed by atoms with E-state index in [1.165, 1.54) is 0 Å². The van der Waals surface area contributed by atoms with Gasteiger partial charge in [-0.2, -0.15) is 0 Å². The van der Waals surface area contributed by atoms with E-state index in [9.17, 15) is 5.11 Å². The van der Waals surface area contributed by atoms with Crippen molar-refractivity contribution in [1.82, 2.24) is 4.57 Å². The molecular formula is C13H15Cl2NO2. The van der Waals surface area contributed by atoms with Crippen LogP contribution in [0.25, 0.3) is 10.9 Å². The molecule has 0 aliphatic carbocycles. The van der Waals surface area contributed by atoms with Gasteiger partial charge in [-0.3, -0.25) is 0 Å². The maximum Gasteiger partial charge on any atom is 0.115 e. The number of halogens is 2. The predicted molar refractivity (Wildman–Crippen MR) is 74.5 cm³/mol. The maximum atomic E-state index is 9.85. The first-order valence-electron chi connectivity index (χ1n) is 5.70. The number of nitrogens with zero attached hydrogens (tertiary/aromatic N) is 1. The quantitative estimate of drug-likeness (QED) is 0.932. The fourth-order valence-corrected chi connectivity index (χ4v) is 2.72. The number of ether oxygens (including phenoxy) is 1. The summed E-state index contributed by atoms with van der Waals surface area (Å²) in [4.78, 5) is 0. The van der Waals surface area contributed by atoms with Gasteiger partial charge in [0.15, 0.2) is 0 Å². The molecule has 2 aromatic rings. The van der Waals surface area contributed by atoms with Gasteiger partial charge in [-0.15, -0.1) is 0 Å². The molecule has 0 amide bonds. The molecule has 0 saturated carbocycles. The Labute approximate surface area is 116 Å². The van der Waals surface area contributed by atoms with E-state index in [1.54, 1.807) is 20.1 Å². The van der Waals surface area contributed by atoms with Crippen LogP contribution in [0.1, 0.15) is 18.6 Å². The third-order valence-electron chi connectivity index (χ3n) is 2.94. The summed E-state index contributed by atoms with van der Waals surface area (Å²) in [6.45, 7) is 2.88. The van der Waals surface area contributed by atoms with Crippen LogP contribution in [0, 0.1) is 0 Å². The Kier molecular flexibility index (Phi) is 4.17. The fourth-order valence-electron chi connectivity index (χ4n) is 2.12. The second-order valence-electron chi connectivity index (χ2n) is 4.19. The van der Waals surface area contributed by atoms with Gasteiger partial charge in [0.2, 0.25) is 0 Å². The van der Waals surface area contributed by atoms with E-state index in [0.29, 0.717) is 23.3 Å². The highest BCUT2D eigenvalue weighted by Crippen LogP contribution is 2.35. The molecule has 18 heavy (non-hydrogen) atoms. The molecule has 3 nitrogen and oxygen atoms in total. The Bertz CT molecular complexity index is 564. The van der Waals surface area contributed by atoms with Crippen LogP contribution in [0.5, 0.6) is 0 Å². The Morgan fingerprint density at radius 3 is 2.72 bits per heavy atom. The molecule has 0 fully saturated rings. The lowest BCUT2D eigenvalue weighted by Crippen LogP contribution is -2.04. The molecule has 1 aromatic heterocycles. The number of aromatic nitrogens is 1. The number of hydrogen-bond donors (Lipinski definition) is 1. The SMILES string of the molecule is COCCn1c(Cl)c(C(C)O)c2ccc(Cl)cc21. The van der Waals surface area contributed by atoms with E-state index in [2.05, 4.69) is 0 Å². The summed E-state index contributed by atoms with van der Waals surface area (Å²) < 4.78 is 6.99. The van der Waals surface area contributed by atoms with Crippen LogP contribution < -0.4 is 0 Å². The number of fused-ring (bicyclic) bond motifs is 1. The third-order valence-corrected chi connectivity index (χ3v) is 3.58. The lowest BCUT2D eigenvalue weighted by Gasteiger charge is -2.07. The van der Waals surface area contributed by atoms with Crippen LogP contribution in [0.4, 0.5) is 0 Å². The minimum atomic E-state index is -0.620. The van der Waals surface area contributed by atoms with Crippen molar-refractivity contribution in [2.45, 2.75) is 19.6 Å². The van der Waals surface area contributed by atoms with Crippen molar-refractivity contribution < 1.29 is 9.84 Å². The van der Waals surface area contributed by atoms with Crippen molar-refractivity contribution in [1.29, 1.82) is 0 Å². The molecule has 1 aromatic carbocycles. The summed E-state index contributed by atoms with van der Waals surface area (Å²) in [5.74, 6) is 0. The van der Waals surface area contributed by atoms with Crippen molar-refractivity contribution in [2.75, 3.05) is 13.7 Å². The van der Waals surface area contributed by atoms with Gasteiger partial charge in [0.25, 0.3) is 0 Å². The van der Waals surface area contributed by atoms with E-state index >= 15 is 0 Å². The molecule has 0 saturated heterocycles. The van der Waals surface area contributed by atoms with Gasteiger partial charge < -0.3 is 14.4 Å². The third kappa shape index (κ3) is 2.36. The van der Waals surface area contributed by atoms with Crippen LogP contribution in [-0.2, 0) is 11.3 Å². The molecule has 0 aliphatic rings. The number of methoxy groups -OCH3 is 1. The molecule has 0 bridgehead atoms. The molecule has 1 unspecified atom stereocenters. The number of aliphatic hydroxyl groups excluding tert-OH is 1. The lowest BCUT2D eigenvalue weighted by molar-refractivity contribution is 0.187. The average molecular weight is 288 g/mol. The highest BCUT2D eigenvalue weighted by molar-refractivity contribution is 6.33. The van der Waals surface area contributed by atoms with Crippen molar-refractivity contribution in [3.8, 4) is 0 Å². The molecule has 5 heteroatoms. The van der Waals surface area contributed by atoms with E-state index in [1.807, 2.05) is 16.7 Å². The second-order valence-corrected chi connectivity index (χ2v) is 4.98. The zero-order valence-electron chi connectivity index (χ0n) is 10.3. The molecule has 1 atom stereocenters.